The molecule has 0 heterocycles. The van der Waals surface area contributed by atoms with E-state index in [9.17, 15) is 9.59 Å². The summed E-state index contributed by atoms with van der Waals surface area (Å²) in [7, 11) is 0. The molecule has 0 spiro atoms. The van der Waals surface area contributed by atoms with Crippen LogP contribution in [-0.2, 0) is 4.79 Å². The maximum absolute atomic E-state index is 12.0. The summed E-state index contributed by atoms with van der Waals surface area (Å²) in [6.07, 6.45) is 7.98. The minimum absolute atomic E-state index is 0.136. The van der Waals surface area contributed by atoms with Crippen LogP contribution in [0.3, 0.4) is 0 Å². The number of hydrazine groups is 1. The summed E-state index contributed by atoms with van der Waals surface area (Å²) in [5.74, 6) is -0.443. The Kier molecular flexibility index (Phi) is 7.28. The fraction of sp³-hybridized carbons (Fsp3) is 0.444. The molecule has 130 valence electrons. The van der Waals surface area contributed by atoms with Crippen LogP contribution in [0.15, 0.2) is 35.9 Å². The lowest BCUT2D eigenvalue weighted by Crippen LogP contribution is -2.50. The van der Waals surface area contributed by atoms with Crippen molar-refractivity contribution < 1.29 is 9.59 Å². The van der Waals surface area contributed by atoms with Crippen molar-refractivity contribution in [3.63, 3.8) is 0 Å². The van der Waals surface area contributed by atoms with Gasteiger partial charge in [0.2, 0.25) is 5.91 Å². The number of amides is 2. The van der Waals surface area contributed by atoms with Crippen LogP contribution >= 0.6 is 11.6 Å². The van der Waals surface area contributed by atoms with Crippen molar-refractivity contribution >= 4 is 23.4 Å². The summed E-state index contributed by atoms with van der Waals surface area (Å²) in [5, 5.41) is 3.46. The fourth-order valence-corrected chi connectivity index (χ4v) is 2.67. The molecule has 0 aromatic heterocycles. The van der Waals surface area contributed by atoms with Gasteiger partial charge in [-0.1, -0.05) is 23.3 Å². The number of hydrogen-bond donors (Lipinski definition) is 3. The third-order valence-corrected chi connectivity index (χ3v) is 4.28. The number of carbonyl (C=O) groups excluding carboxylic acids is 2. The largest absolute Gasteiger partial charge is 0.354 e. The van der Waals surface area contributed by atoms with E-state index in [0.717, 1.165) is 19.3 Å². The molecule has 1 atom stereocenters. The standard InChI is InChI=1S/C18H24ClN3O2/c1-13(17(23)20-12-11-14-5-3-2-4-6-14)21-22-18(24)15-7-9-16(19)10-8-15/h5,7-10,13,21H,2-4,6,11-12H2,1H3,(H,20,23)(H,22,24). The lowest BCUT2D eigenvalue weighted by molar-refractivity contribution is -0.122. The first-order valence-corrected chi connectivity index (χ1v) is 8.71. The second-order valence-corrected chi connectivity index (χ2v) is 6.41. The molecule has 1 aromatic rings. The van der Waals surface area contributed by atoms with E-state index in [2.05, 4.69) is 22.2 Å². The zero-order valence-electron chi connectivity index (χ0n) is 13.9. The third-order valence-electron chi connectivity index (χ3n) is 4.03. The third kappa shape index (κ3) is 5.98. The maximum atomic E-state index is 12.0. The Morgan fingerprint density at radius 3 is 2.62 bits per heavy atom. The van der Waals surface area contributed by atoms with Crippen molar-refractivity contribution in [1.82, 2.24) is 16.2 Å². The molecule has 24 heavy (non-hydrogen) atoms. The molecular formula is C18H24ClN3O2. The van der Waals surface area contributed by atoms with Crippen LogP contribution in [0.5, 0.6) is 0 Å². The lowest BCUT2D eigenvalue weighted by Gasteiger charge is -2.16. The number of hydrogen-bond acceptors (Lipinski definition) is 3. The first-order valence-electron chi connectivity index (χ1n) is 8.33. The summed E-state index contributed by atoms with van der Waals surface area (Å²) in [5.41, 5.74) is 7.16. The van der Waals surface area contributed by atoms with Gasteiger partial charge in [-0.05, 0) is 63.3 Å². The average Bonchev–Trinajstić information content (AvgIpc) is 2.60. The van der Waals surface area contributed by atoms with E-state index >= 15 is 0 Å². The molecule has 0 saturated carbocycles. The van der Waals surface area contributed by atoms with E-state index in [-0.39, 0.29) is 11.8 Å². The quantitative estimate of drug-likeness (QED) is 0.523. The van der Waals surface area contributed by atoms with Crippen molar-refractivity contribution in [2.24, 2.45) is 0 Å². The molecule has 1 unspecified atom stereocenters. The van der Waals surface area contributed by atoms with E-state index in [1.807, 2.05) is 0 Å². The summed E-state index contributed by atoms with van der Waals surface area (Å²) < 4.78 is 0. The highest BCUT2D eigenvalue weighted by atomic mass is 35.5. The Morgan fingerprint density at radius 2 is 1.96 bits per heavy atom. The van der Waals surface area contributed by atoms with Gasteiger partial charge in [-0.15, -0.1) is 0 Å². The predicted molar refractivity (Wildman–Crippen MR) is 95.7 cm³/mol. The monoisotopic (exact) mass is 349 g/mol. The second-order valence-electron chi connectivity index (χ2n) is 5.98. The molecule has 1 aromatic carbocycles. The Hall–Kier alpha value is -1.85. The van der Waals surface area contributed by atoms with Crippen LogP contribution in [0.25, 0.3) is 0 Å². The highest BCUT2D eigenvalue weighted by Crippen LogP contribution is 2.19. The number of rotatable bonds is 7. The molecule has 0 bridgehead atoms. The molecule has 1 aliphatic rings. The van der Waals surface area contributed by atoms with E-state index in [4.69, 9.17) is 11.6 Å². The van der Waals surface area contributed by atoms with Crippen LogP contribution in [0.2, 0.25) is 5.02 Å². The first-order chi connectivity index (χ1) is 11.6. The molecule has 1 aliphatic carbocycles. The zero-order chi connectivity index (χ0) is 17.4. The predicted octanol–water partition coefficient (Wildman–Crippen LogP) is 2.97. The summed E-state index contributed by atoms with van der Waals surface area (Å²) in [4.78, 5) is 24.0. The number of nitrogens with one attached hydrogen (secondary N) is 3. The molecule has 5 nitrogen and oxygen atoms in total. The molecule has 3 N–H and O–H groups in total. The van der Waals surface area contributed by atoms with Gasteiger partial charge in [0.25, 0.3) is 5.91 Å². The van der Waals surface area contributed by atoms with Crippen molar-refractivity contribution in [2.45, 2.75) is 45.1 Å². The van der Waals surface area contributed by atoms with Crippen molar-refractivity contribution in [3.05, 3.63) is 46.5 Å². The Labute approximate surface area is 147 Å². The van der Waals surface area contributed by atoms with Crippen LogP contribution in [0.4, 0.5) is 0 Å². The number of carbonyl (C=O) groups is 2. The lowest BCUT2D eigenvalue weighted by atomic mass is 9.97. The van der Waals surface area contributed by atoms with E-state index < -0.39 is 6.04 Å². The van der Waals surface area contributed by atoms with Crippen molar-refractivity contribution in [1.29, 1.82) is 0 Å². The van der Waals surface area contributed by atoms with Gasteiger partial charge >= 0.3 is 0 Å². The Balaban J connectivity index is 1.68. The normalized spacial score (nSPS) is 15.3. The average molecular weight is 350 g/mol. The van der Waals surface area contributed by atoms with Crippen LogP contribution in [-0.4, -0.2) is 24.4 Å². The first kappa shape index (κ1) is 18.5. The maximum Gasteiger partial charge on any atom is 0.265 e. The fourth-order valence-electron chi connectivity index (χ4n) is 2.54. The highest BCUT2D eigenvalue weighted by Gasteiger charge is 2.14. The Morgan fingerprint density at radius 1 is 1.21 bits per heavy atom. The van der Waals surface area contributed by atoms with E-state index in [1.54, 1.807) is 31.2 Å². The minimum Gasteiger partial charge on any atom is -0.354 e. The van der Waals surface area contributed by atoms with Gasteiger partial charge in [-0.25, -0.2) is 5.43 Å². The smallest absolute Gasteiger partial charge is 0.265 e. The SMILES string of the molecule is CC(NNC(=O)c1ccc(Cl)cc1)C(=O)NCCC1=CCCCC1. The molecular weight excluding hydrogens is 326 g/mol. The topological polar surface area (TPSA) is 70.2 Å². The molecule has 0 fully saturated rings. The molecule has 2 rings (SSSR count). The molecule has 2 amide bonds. The van der Waals surface area contributed by atoms with Gasteiger partial charge in [-0.2, -0.15) is 0 Å². The van der Waals surface area contributed by atoms with Gasteiger partial charge in [0.05, 0.1) is 0 Å². The van der Waals surface area contributed by atoms with Crippen LogP contribution < -0.4 is 16.2 Å². The van der Waals surface area contributed by atoms with Crippen molar-refractivity contribution in [2.75, 3.05) is 6.54 Å². The van der Waals surface area contributed by atoms with Gasteiger partial charge in [0.15, 0.2) is 0 Å². The van der Waals surface area contributed by atoms with Gasteiger partial charge in [-0.3, -0.25) is 15.0 Å². The molecule has 6 heteroatoms. The van der Waals surface area contributed by atoms with E-state index in [0.29, 0.717) is 17.1 Å². The minimum atomic E-state index is -0.512. The highest BCUT2D eigenvalue weighted by molar-refractivity contribution is 6.30. The second kappa shape index (κ2) is 9.45. The summed E-state index contributed by atoms with van der Waals surface area (Å²) in [6.45, 7) is 2.33. The van der Waals surface area contributed by atoms with Crippen LogP contribution in [0.1, 0.15) is 49.4 Å². The summed E-state index contributed by atoms with van der Waals surface area (Å²) in [6, 6.07) is 6.03. The molecule has 0 aliphatic heterocycles. The molecule has 0 saturated heterocycles. The summed E-state index contributed by atoms with van der Waals surface area (Å²) >= 11 is 5.79. The van der Waals surface area contributed by atoms with Gasteiger partial charge in [0, 0.05) is 17.1 Å². The Bertz CT molecular complexity index is 599. The van der Waals surface area contributed by atoms with Crippen molar-refractivity contribution in [3.8, 4) is 0 Å². The number of benzene rings is 1. The van der Waals surface area contributed by atoms with Gasteiger partial charge in [0.1, 0.15) is 6.04 Å². The van der Waals surface area contributed by atoms with E-state index in [1.165, 1.54) is 18.4 Å². The molecule has 0 radical (unpaired) electrons. The zero-order valence-corrected chi connectivity index (χ0v) is 14.7. The van der Waals surface area contributed by atoms with Gasteiger partial charge < -0.3 is 5.32 Å². The van der Waals surface area contributed by atoms with Crippen LogP contribution in [0, 0.1) is 0 Å². The number of allylic oxidation sites excluding steroid dienone is 1. The number of halogens is 1.